The molecule has 1 aromatic carbocycles. The van der Waals surface area contributed by atoms with Crippen molar-refractivity contribution in [1.82, 2.24) is 14.7 Å². The van der Waals surface area contributed by atoms with Gasteiger partial charge in [0.05, 0.1) is 19.3 Å². The maximum Gasteiger partial charge on any atom is 0.289 e. The van der Waals surface area contributed by atoms with Crippen molar-refractivity contribution in [1.29, 1.82) is 0 Å². The van der Waals surface area contributed by atoms with E-state index in [9.17, 15) is 9.59 Å². The van der Waals surface area contributed by atoms with Gasteiger partial charge in [0, 0.05) is 31.1 Å². The summed E-state index contributed by atoms with van der Waals surface area (Å²) in [5.74, 6) is 2.63. The maximum atomic E-state index is 13.0. The molecule has 0 aliphatic carbocycles. The highest BCUT2D eigenvalue weighted by Crippen LogP contribution is 2.28. The topological polar surface area (TPSA) is 89.6 Å². The van der Waals surface area contributed by atoms with Gasteiger partial charge >= 0.3 is 0 Å². The molecule has 0 spiro atoms. The summed E-state index contributed by atoms with van der Waals surface area (Å²) >= 11 is 0. The lowest BCUT2D eigenvalue weighted by molar-refractivity contribution is -0.116. The molecule has 0 radical (unpaired) electrons. The van der Waals surface area contributed by atoms with Crippen molar-refractivity contribution >= 4 is 17.6 Å². The molecular weight excluding hydrogens is 420 g/mol. The zero-order chi connectivity index (χ0) is 23.4. The van der Waals surface area contributed by atoms with Crippen LogP contribution in [0.1, 0.15) is 49.7 Å². The summed E-state index contributed by atoms with van der Waals surface area (Å²) in [5, 5.41) is 7.38. The van der Waals surface area contributed by atoms with Crippen LogP contribution >= 0.6 is 0 Å². The van der Waals surface area contributed by atoms with Crippen LogP contribution in [0.5, 0.6) is 5.75 Å². The van der Waals surface area contributed by atoms with Crippen LogP contribution in [0.25, 0.3) is 11.3 Å². The van der Waals surface area contributed by atoms with E-state index < -0.39 is 0 Å². The van der Waals surface area contributed by atoms with Gasteiger partial charge in [0.2, 0.25) is 5.91 Å². The zero-order valence-electron chi connectivity index (χ0n) is 19.3. The lowest BCUT2D eigenvalue weighted by atomic mass is 10.0. The molecule has 0 unspecified atom stereocenters. The second-order valence-corrected chi connectivity index (χ2v) is 8.72. The number of nitrogens with zero attached hydrogens (tertiary/aromatic N) is 3. The van der Waals surface area contributed by atoms with E-state index >= 15 is 0 Å². The molecule has 174 valence electrons. The smallest absolute Gasteiger partial charge is 0.289 e. The summed E-state index contributed by atoms with van der Waals surface area (Å²) in [6.45, 7) is 5.23. The van der Waals surface area contributed by atoms with Crippen molar-refractivity contribution in [2.45, 2.75) is 39.2 Å². The molecule has 3 aromatic rings. The number of aromatic nitrogens is 2. The third-order valence-electron chi connectivity index (χ3n) is 5.82. The number of amides is 2. The van der Waals surface area contributed by atoms with E-state index in [1.54, 1.807) is 19.4 Å². The molecule has 2 aromatic heterocycles. The normalized spacial score (nSPS) is 14.5. The van der Waals surface area contributed by atoms with Gasteiger partial charge in [-0.25, -0.2) is 4.68 Å². The number of anilines is 1. The fraction of sp³-hybridized carbons (Fsp3) is 0.400. The zero-order valence-corrected chi connectivity index (χ0v) is 19.3. The molecule has 3 heterocycles. The SMILES string of the molecule is COc1ccc(-c2ccc(C(=O)N3CCC(n4nccc4NC(=O)CC(C)C)CC3)o2)cc1. The van der Waals surface area contributed by atoms with Gasteiger partial charge < -0.3 is 19.4 Å². The van der Waals surface area contributed by atoms with E-state index in [1.807, 2.05) is 59.8 Å². The van der Waals surface area contributed by atoms with Gasteiger partial charge in [-0.1, -0.05) is 13.8 Å². The Bertz CT molecular complexity index is 1090. The molecule has 2 amide bonds. The van der Waals surface area contributed by atoms with Crippen molar-refractivity contribution in [2.75, 3.05) is 25.5 Å². The summed E-state index contributed by atoms with van der Waals surface area (Å²) in [7, 11) is 1.62. The second kappa shape index (κ2) is 9.94. The molecular formula is C25H30N4O4. The predicted octanol–water partition coefficient (Wildman–Crippen LogP) is 4.61. The Morgan fingerprint density at radius 3 is 2.52 bits per heavy atom. The highest BCUT2D eigenvalue weighted by Gasteiger charge is 2.28. The maximum absolute atomic E-state index is 13.0. The number of hydrogen-bond donors (Lipinski definition) is 1. The Kier molecular flexibility index (Phi) is 6.82. The molecule has 1 aliphatic rings. The lowest BCUT2D eigenvalue weighted by Crippen LogP contribution is -2.39. The van der Waals surface area contributed by atoms with Crippen LogP contribution in [-0.2, 0) is 4.79 Å². The first-order chi connectivity index (χ1) is 15.9. The van der Waals surface area contributed by atoms with Crippen LogP contribution in [0, 0.1) is 5.92 Å². The molecule has 0 bridgehead atoms. The lowest BCUT2D eigenvalue weighted by Gasteiger charge is -2.32. The van der Waals surface area contributed by atoms with Gasteiger partial charge in [0.1, 0.15) is 17.3 Å². The third kappa shape index (κ3) is 5.27. The fourth-order valence-electron chi connectivity index (χ4n) is 4.10. The van der Waals surface area contributed by atoms with E-state index in [0.717, 1.165) is 24.2 Å². The van der Waals surface area contributed by atoms with Gasteiger partial charge in [0.25, 0.3) is 5.91 Å². The van der Waals surface area contributed by atoms with Gasteiger partial charge in [-0.05, 0) is 55.2 Å². The largest absolute Gasteiger partial charge is 0.497 e. The summed E-state index contributed by atoms with van der Waals surface area (Å²) in [6.07, 6.45) is 3.69. The molecule has 1 aliphatic heterocycles. The minimum absolute atomic E-state index is 0.00940. The van der Waals surface area contributed by atoms with E-state index in [1.165, 1.54) is 0 Å². The number of carbonyl (C=O) groups is 2. The van der Waals surface area contributed by atoms with E-state index in [4.69, 9.17) is 9.15 Å². The number of hydrogen-bond acceptors (Lipinski definition) is 5. The molecule has 1 fully saturated rings. The van der Waals surface area contributed by atoms with Crippen LogP contribution in [0.15, 0.2) is 53.1 Å². The minimum atomic E-state index is -0.112. The standard InChI is InChI=1S/C25H30N4O4/c1-17(2)16-24(30)27-23-10-13-26-29(23)19-11-14-28(15-12-19)25(31)22-9-8-21(33-22)18-4-6-20(32-3)7-5-18/h4-10,13,17,19H,11-12,14-16H2,1-3H3,(H,27,30). The number of furan rings is 1. The summed E-state index contributed by atoms with van der Waals surface area (Å²) in [5.41, 5.74) is 0.888. The van der Waals surface area contributed by atoms with Gasteiger partial charge in [-0.2, -0.15) is 5.10 Å². The number of ether oxygens (including phenoxy) is 1. The number of likely N-dealkylation sites (tertiary alicyclic amines) is 1. The second-order valence-electron chi connectivity index (χ2n) is 8.72. The number of rotatable bonds is 7. The first kappa shape index (κ1) is 22.6. The first-order valence-corrected chi connectivity index (χ1v) is 11.3. The molecule has 8 nitrogen and oxygen atoms in total. The summed E-state index contributed by atoms with van der Waals surface area (Å²) in [4.78, 5) is 27.0. The predicted molar refractivity (Wildman–Crippen MR) is 125 cm³/mol. The average molecular weight is 451 g/mol. The molecule has 33 heavy (non-hydrogen) atoms. The van der Waals surface area contributed by atoms with E-state index in [0.29, 0.717) is 42.8 Å². The van der Waals surface area contributed by atoms with Crippen molar-refractivity contribution in [3.8, 4) is 17.1 Å². The summed E-state index contributed by atoms with van der Waals surface area (Å²) in [6, 6.07) is 13.0. The van der Waals surface area contributed by atoms with Crippen LogP contribution in [0.4, 0.5) is 5.82 Å². The van der Waals surface area contributed by atoms with Crippen LogP contribution < -0.4 is 10.1 Å². The van der Waals surface area contributed by atoms with Crippen molar-refractivity contribution < 1.29 is 18.7 Å². The number of methoxy groups -OCH3 is 1. The molecule has 0 atom stereocenters. The van der Waals surface area contributed by atoms with Crippen LogP contribution in [0.3, 0.4) is 0 Å². The van der Waals surface area contributed by atoms with Crippen LogP contribution in [0.2, 0.25) is 0 Å². The van der Waals surface area contributed by atoms with Gasteiger partial charge in [-0.15, -0.1) is 0 Å². The number of carbonyl (C=O) groups excluding carboxylic acids is 2. The minimum Gasteiger partial charge on any atom is -0.497 e. The van der Waals surface area contributed by atoms with Crippen LogP contribution in [-0.4, -0.2) is 46.7 Å². The third-order valence-corrected chi connectivity index (χ3v) is 5.82. The van der Waals surface area contributed by atoms with Gasteiger partial charge in [-0.3, -0.25) is 9.59 Å². The van der Waals surface area contributed by atoms with Crippen molar-refractivity contribution in [3.05, 3.63) is 54.4 Å². The molecule has 8 heteroatoms. The molecule has 1 saturated heterocycles. The van der Waals surface area contributed by atoms with E-state index in [2.05, 4.69) is 10.4 Å². The monoisotopic (exact) mass is 450 g/mol. The molecule has 0 saturated carbocycles. The number of nitrogens with one attached hydrogen (secondary N) is 1. The highest BCUT2D eigenvalue weighted by atomic mass is 16.5. The Balaban J connectivity index is 1.36. The summed E-state index contributed by atoms with van der Waals surface area (Å²) < 4.78 is 12.9. The first-order valence-electron chi connectivity index (χ1n) is 11.3. The number of benzene rings is 1. The Hall–Kier alpha value is -3.55. The van der Waals surface area contributed by atoms with Crippen molar-refractivity contribution in [3.63, 3.8) is 0 Å². The Morgan fingerprint density at radius 2 is 1.85 bits per heavy atom. The Labute approximate surface area is 193 Å². The average Bonchev–Trinajstić information content (AvgIpc) is 3.48. The molecule has 4 rings (SSSR count). The quantitative estimate of drug-likeness (QED) is 0.568. The van der Waals surface area contributed by atoms with E-state index in [-0.39, 0.29) is 17.9 Å². The van der Waals surface area contributed by atoms with Crippen molar-refractivity contribution in [2.24, 2.45) is 5.92 Å². The fourth-order valence-corrected chi connectivity index (χ4v) is 4.10. The highest BCUT2D eigenvalue weighted by molar-refractivity contribution is 5.92. The Morgan fingerprint density at radius 1 is 1.12 bits per heavy atom. The molecule has 1 N–H and O–H groups in total. The number of piperidine rings is 1. The van der Waals surface area contributed by atoms with Gasteiger partial charge in [0.15, 0.2) is 5.76 Å².